The molecule has 0 atom stereocenters. The van der Waals surface area contributed by atoms with Crippen LogP contribution in [0.4, 0.5) is 0 Å². The molecule has 0 aliphatic rings. The van der Waals surface area contributed by atoms with Crippen molar-refractivity contribution in [3.63, 3.8) is 0 Å². The Labute approximate surface area is 161 Å². The Morgan fingerprint density at radius 2 is 1.77 bits per heavy atom. The lowest BCUT2D eigenvalue weighted by atomic mass is 10.2. The normalized spacial score (nSPS) is 11.0. The van der Waals surface area contributed by atoms with Crippen LogP contribution in [0.25, 0.3) is 22.4 Å². The number of ether oxygens (including phenoxy) is 1. The monoisotopic (exact) mass is 382 g/mol. The molecule has 0 radical (unpaired) electrons. The summed E-state index contributed by atoms with van der Waals surface area (Å²) in [5, 5.41) is 1.22. The number of nitrogens with zero attached hydrogens (tertiary/aromatic N) is 1. The second kappa shape index (κ2) is 7.02. The van der Waals surface area contributed by atoms with Gasteiger partial charge in [0.1, 0.15) is 18.2 Å². The molecular formula is C21H16Cl2N2O. The minimum absolute atomic E-state index is 0.388. The average Bonchev–Trinajstić information content (AvgIpc) is 3.04. The van der Waals surface area contributed by atoms with Gasteiger partial charge in [0.2, 0.25) is 0 Å². The van der Waals surface area contributed by atoms with Gasteiger partial charge in [-0.1, -0.05) is 35.3 Å². The molecule has 3 aromatic carbocycles. The quantitative estimate of drug-likeness (QED) is 0.441. The predicted octanol–water partition coefficient (Wildman–Crippen LogP) is 6.42. The fourth-order valence-electron chi connectivity index (χ4n) is 2.77. The summed E-state index contributed by atoms with van der Waals surface area (Å²) in [4.78, 5) is 8.00. The Balaban J connectivity index is 1.50. The molecular weight excluding hydrogens is 367 g/mol. The summed E-state index contributed by atoms with van der Waals surface area (Å²) < 4.78 is 5.82. The van der Waals surface area contributed by atoms with Crippen LogP contribution in [0.3, 0.4) is 0 Å². The van der Waals surface area contributed by atoms with E-state index in [9.17, 15) is 0 Å². The molecule has 4 rings (SSSR count). The fourth-order valence-corrected chi connectivity index (χ4v) is 3.23. The van der Waals surface area contributed by atoms with E-state index >= 15 is 0 Å². The Morgan fingerprint density at radius 1 is 0.962 bits per heavy atom. The Hall–Kier alpha value is -2.49. The summed E-state index contributed by atoms with van der Waals surface area (Å²) in [6.07, 6.45) is 0. The average molecular weight is 383 g/mol. The van der Waals surface area contributed by atoms with E-state index in [2.05, 4.69) is 29.0 Å². The molecule has 3 nitrogen and oxygen atoms in total. The van der Waals surface area contributed by atoms with Gasteiger partial charge in [-0.05, 0) is 61.0 Å². The van der Waals surface area contributed by atoms with Crippen LogP contribution in [-0.2, 0) is 6.61 Å². The van der Waals surface area contributed by atoms with Gasteiger partial charge in [-0.2, -0.15) is 0 Å². The zero-order valence-corrected chi connectivity index (χ0v) is 15.6. The number of imidazole rings is 1. The zero-order chi connectivity index (χ0) is 18.1. The highest BCUT2D eigenvalue weighted by Crippen LogP contribution is 2.25. The maximum Gasteiger partial charge on any atom is 0.138 e. The first-order valence-corrected chi connectivity index (χ1v) is 8.97. The predicted molar refractivity (Wildman–Crippen MR) is 107 cm³/mol. The molecule has 0 amide bonds. The van der Waals surface area contributed by atoms with Crippen molar-refractivity contribution in [1.82, 2.24) is 9.97 Å². The van der Waals surface area contributed by atoms with E-state index in [0.29, 0.717) is 16.7 Å². The van der Waals surface area contributed by atoms with Gasteiger partial charge >= 0.3 is 0 Å². The molecule has 0 aliphatic carbocycles. The summed E-state index contributed by atoms with van der Waals surface area (Å²) in [5.74, 6) is 1.62. The van der Waals surface area contributed by atoms with Gasteiger partial charge in [0.05, 0.1) is 11.0 Å². The molecule has 0 bridgehead atoms. The van der Waals surface area contributed by atoms with Crippen molar-refractivity contribution < 1.29 is 4.74 Å². The number of hydrogen-bond acceptors (Lipinski definition) is 2. The van der Waals surface area contributed by atoms with Crippen molar-refractivity contribution in [1.29, 1.82) is 0 Å². The summed E-state index contributed by atoms with van der Waals surface area (Å²) in [5.41, 5.74) is 5.11. The highest BCUT2D eigenvalue weighted by Gasteiger charge is 2.07. The van der Waals surface area contributed by atoms with Crippen LogP contribution < -0.4 is 4.74 Å². The van der Waals surface area contributed by atoms with E-state index in [-0.39, 0.29) is 0 Å². The van der Waals surface area contributed by atoms with E-state index in [1.165, 1.54) is 5.56 Å². The first-order chi connectivity index (χ1) is 12.6. The number of fused-ring (bicyclic) bond motifs is 1. The molecule has 0 aliphatic heterocycles. The number of halogens is 2. The van der Waals surface area contributed by atoms with Crippen molar-refractivity contribution in [2.75, 3.05) is 0 Å². The number of nitrogens with one attached hydrogen (secondary N) is 1. The number of rotatable bonds is 4. The standard InChI is InChI=1S/C21H16Cl2N2O/c1-13-2-9-19-20(10-13)25-21(24-19)14-4-7-17(8-5-14)26-12-15-3-6-16(22)11-18(15)23/h2-11H,12H2,1H3,(H,24,25). The first-order valence-electron chi connectivity index (χ1n) is 8.22. The van der Waals surface area contributed by atoms with E-state index < -0.39 is 0 Å². The molecule has 0 saturated carbocycles. The summed E-state index contributed by atoms with van der Waals surface area (Å²) in [6.45, 7) is 2.46. The molecule has 1 heterocycles. The molecule has 1 aromatic heterocycles. The third-order valence-electron chi connectivity index (χ3n) is 4.17. The Bertz CT molecular complexity index is 1070. The molecule has 0 saturated heterocycles. The van der Waals surface area contributed by atoms with Crippen LogP contribution in [-0.4, -0.2) is 9.97 Å². The largest absolute Gasteiger partial charge is 0.489 e. The lowest BCUT2D eigenvalue weighted by Gasteiger charge is -2.08. The van der Waals surface area contributed by atoms with Crippen LogP contribution in [0.15, 0.2) is 60.7 Å². The second-order valence-electron chi connectivity index (χ2n) is 6.15. The zero-order valence-electron chi connectivity index (χ0n) is 14.1. The second-order valence-corrected chi connectivity index (χ2v) is 7.00. The van der Waals surface area contributed by atoms with Gasteiger partial charge in [0.25, 0.3) is 0 Å². The topological polar surface area (TPSA) is 37.9 Å². The van der Waals surface area contributed by atoms with E-state index in [4.69, 9.17) is 27.9 Å². The van der Waals surface area contributed by atoms with Crippen molar-refractivity contribution in [3.8, 4) is 17.1 Å². The highest BCUT2D eigenvalue weighted by atomic mass is 35.5. The lowest BCUT2D eigenvalue weighted by molar-refractivity contribution is 0.306. The van der Waals surface area contributed by atoms with Crippen molar-refractivity contribution in [2.24, 2.45) is 0 Å². The lowest BCUT2D eigenvalue weighted by Crippen LogP contribution is -1.96. The smallest absolute Gasteiger partial charge is 0.138 e. The van der Waals surface area contributed by atoms with Crippen LogP contribution >= 0.6 is 23.2 Å². The molecule has 4 aromatic rings. The van der Waals surface area contributed by atoms with Gasteiger partial charge in [-0.25, -0.2) is 4.98 Å². The highest BCUT2D eigenvalue weighted by molar-refractivity contribution is 6.35. The van der Waals surface area contributed by atoms with Gasteiger partial charge < -0.3 is 9.72 Å². The number of hydrogen-bond donors (Lipinski definition) is 1. The number of aromatic amines is 1. The third kappa shape index (κ3) is 3.55. The number of aryl methyl sites for hydroxylation is 1. The number of H-pyrrole nitrogens is 1. The van der Waals surface area contributed by atoms with Gasteiger partial charge in [-0.15, -0.1) is 0 Å². The molecule has 0 unspecified atom stereocenters. The van der Waals surface area contributed by atoms with E-state index in [1.54, 1.807) is 12.1 Å². The van der Waals surface area contributed by atoms with Crippen LogP contribution in [0.5, 0.6) is 5.75 Å². The van der Waals surface area contributed by atoms with Gasteiger partial charge in [-0.3, -0.25) is 0 Å². The third-order valence-corrected chi connectivity index (χ3v) is 4.76. The maximum atomic E-state index is 6.17. The molecule has 26 heavy (non-hydrogen) atoms. The molecule has 0 fully saturated rings. The SMILES string of the molecule is Cc1ccc2nc(-c3ccc(OCc4ccc(Cl)cc4Cl)cc3)[nH]c2c1. The van der Waals surface area contributed by atoms with E-state index in [0.717, 1.165) is 33.7 Å². The molecule has 1 N–H and O–H groups in total. The molecule has 5 heteroatoms. The Kier molecular flexibility index (Phi) is 4.58. The summed E-state index contributed by atoms with van der Waals surface area (Å²) in [6, 6.07) is 19.4. The van der Waals surface area contributed by atoms with Gasteiger partial charge in [0.15, 0.2) is 0 Å². The van der Waals surface area contributed by atoms with Crippen LogP contribution in [0, 0.1) is 6.92 Å². The maximum absolute atomic E-state index is 6.17. The number of aromatic nitrogens is 2. The minimum atomic E-state index is 0.388. The summed E-state index contributed by atoms with van der Waals surface area (Å²) >= 11 is 12.1. The fraction of sp³-hybridized carbons (Fsp3) is 0.0952. The van der Waals surface area contributed by atoms with Crippen molar-refractivity contribution >= 4 is 34.2 Å². The van der Waals surface area contributed by atoms with E-state index in [1.807, 2.05) is 36.4 Å². The van der Waals surface area contributed by atoms with Crippen molar-refractivity contribution in [3.05, 3.63) is 81.8 Å². The molecule has 130 valence electrons. The van der Waals surface area contributed by atoms with Crippen LogP contribution in [0.2, 0.25) is 10.0 Å². The number of benzene rings is 3. The molecule has 0 spiro atoms. The summed E-state index contributed by atoms with van der Waals surface area (Å²) in [7, 11) is 0. The minimum Gasteiger partial charge on any atom is -0.489 e. The van der Waals surface area contributed by atoms with Crippen LogP contribution in [0.1, 0.15) is 11.1 Å². The Morgan fingerprint density at radius 3 is 2.54 bits per heavy atom. The first kappa shape index (κ1) is 17.0. The van der Waals surface area contributed by atoms with Crippen molar-refractivity contribution in [2.45, 2.75) is 13.5 Å². The van der Waals surface area contributed by atoms with Gasteiger partial charge in [0, 0.05) is 21.2 Å².